The lowest BCUT2D eigenvalue weighted by Gasteiger charge is -2.44. The van der Waals surface area contributed by atoms with Crippen molar-refractivity contribution in [3.05, 3.63) is 60.7 Å². The van der Waals surface area contributed by atoms with E-state index in [1.165, 1.54) is 10.4 Å². The van der Waals surface area contributed by atoms with Crippen molar-refractivity contribution in [1.82, 2.24) is 0 Å². The lowest BCUT2D eigenvalue weighted by molar-refractivity contribution is -0.149. The Morgan fingerprint density at radius 1 is 0.970 bits per heavy atom. The van der Waals surface area contributed by atoms with Gasteiger partial charge in [-0.05, 0) is 66.8 Å². The normalized spacial score (nSPS) is 20.3. The summed E-state index contributed by atoms with van der Waals surface area (Å²) in [6, 6.07) is 21.3. The van der Waals surface area contributed by atoms with Gasteiger partial charge in [0.1, 0.15) is 5.56 Å². The molecular weight excluding hydrogens is 448 g/mol. The highest BCUT2D eigenvalue weighted by Gasteiger charge is 2.51. The van der Waals surface area contributed by atoms with Crippen molar-refractivity contribution >= 4 is 36.3 Å². The van der Waals surface area contributed by atoms with E-state index < -0.39 is 8.32 Å². The molecule has 1 aliphatic carbocycles. The lowest BCUT2D eigenvalue weighted by Crippen LogP contribution is -2.67. The Kier molecular flexibility index (Phi) is 9.20. The number of halogens is 1. The van der Waals surface area contributed by atoms with Crippen molar-refractivity contribution in [1.29, 1.82) is 0 Å². The molecule has 5 heteroatoms. The molecule has 1 fully saturated rings. The van der Waals surface area contributed by atoms with Crippen molar-refractivity contribution in [3.8, 4) is 0 Å². The molecule has 0 heterocycles. The van der Waals surface area contributed by atoms with Crippen molar-refractivity contribution < 1.29 is 14.0 Å². The van der Waals surface area contributed by atoms with Crippen LogP contribution in [0, 0.1) is 11.8 Å². The quantitative estimate of drug-likeness (QED) is 0.238. The summed E-state index contributed by atoms with van der Waals surface area (Å²) in [7, 11) is -2.63. The molecule has 3 nitrogen and oxygen atoms in total. The van der Waals surface area contributed by atoms with Gasteiger partial charge in [0.05, 0.1) is 12.5 Å². The van der Waals surface area contributed by atoms with E-state index in [-0.39, 0.29) is 22.5 Å². The predicted molar refractivity (Wildman–Crippen MR) is 140 cm³/mol. The van der Waals surface area contributed by atoms with E-state index in [0.717, 1.165) is 38.5 Å². The first-order valence-corrected chi connectivity index (χ1v) is 14.7. The molecule has 0 bridgehead atoms. The molecule has 180 valence electrons. The average Bonchev–Trinajstić information content (AvgIpc) is 2.82. The average molecular weight is 487 g/mol. The van der Waals surface area contributed by atoms with E-state index in [9.17, 15) is 4.79 Å². The molecule has 0 amide bonds. The van der Waals surface area contributed by atoms with E-state index in [4.69, 9.17) is 20.8 Å². The number of esters is 1. The molecule has 1 aliphatic rings. The summed E-state index contributed by atoms with van der Waals surface area (Å²) in [5, 5.41) is 2.43. The smallest absolute Gasteiger partial charge is 0.308 e. The molecule has 2 aromatic carbocycles. The van der Waals surface area contributed by atoms with Gasteiger partial charge in [0.25, 0.3) is 8.32 Å². The third-order valence-corrected chi connectivity index (χ3v) is 12.5. The van der Waals surface area contributed by atoms with Gasteiger partial charge in [-0.25, -0.2) is 0 Å². The first-order valence-electron chi connectivity index (χ1n) is 12.4. The van der Waals surface area contributed by atoms with Crippen LogP contribution in [0.5, 0.6) is 0 Å². The number of hydrogen-bond donors (Lipinski definition) is 0. The third kappa shape index (κ3) is 6.29. The number of rotatable bonds is 9. The second-order valence-electron chi connectivity index (χ2n) is 10.2. The van der Waals surface area contributed by atoms with Gasteiger partial charge in [-0.2, -0.15) is 0 Å². The van der Waals surface area contributed by atoms with Crippen molar-refractivity contribution in [2.45, 2.75) is 76.8 Å². The first kappa shape index (κ1) is 26.0. The van der Waals surface area contributed by atoms with Crippen LogP contribution >= 0.6 is 11.6 Å². The van der Waals surface area contributed by atoms with Crippen LogP contribution in [0.15, 0.2) is 60.7 Å². The summed E-state index contributed by atoms with van der Waals surface area (Å²) in [5.74, 6) is 0.641. The van der Waals surface area contributed by atoms with E-state index in [1.807, 2.05) is 6.92 Å². The molecule has 2 aromatic rings. The number of carbonyl (C=O) groups is 1. The summed E-state index contributed by atoms with van der Waals surface area (Å²) < 4.78 is 12.2. The van der Waals surface area contributed by atoms with E-state index in [0.29, 0.717) is 12.5 Å². The Balaban J connectivity index is 1.72. The maximum atomic E-state index is 12.0. The van der Waals surface area contributed by atoms with Gasteiger partial charge in [-0.15, -0.1) is 0 Å². The van der Waals surface area contributed by atoms with Crippen LogP contribution in [0.2, 0.25) is 5.04 Å². The van der Waals surface area contributed by atoms with Gasteiger partial charge in [0.2, 0.25) is 0 Å². The Hall–Kier alpha value is -1.62. The summed E-state index contributed by atoms with van der Waals surface area (Å²) in [5.41, 5.74) is -0.348. The zero-order chi connectivity index (χ0) is 23.9. The van der Waals surface area contributed by atoms with Gasteiger partial charge in [-0.1, -0.05) is 93.0 Å². The lowest BCUT2D eigenvalue weighted by atomic mass is 9.80. The molecule has 0 aromatic heterocycles. The monoisotopic (exact) mass is 486 g/mol. The van der Waals surface area contributed by atoms with Crippen LogP contribution in [0.3, 0.4) is 0 Å². The third-order valence-electron chi connectivity index (χ3n) is 6.99. The maximum Gasteiger partial charge on any atom is 0.308 e. The summed E-state index contributed by atoms with van der Waals surface area (Å²) in [6.45, 7) is 9.17. The number of alkyl halides is 1. The van der Waals surface area contributed by atoms with Gasteiger partial charge in [-0.3, -0.25) is 4.79 Å². The van der Waals surface area contributed by atoms with Gasteiger partial charge < -0.3 is 9.16 Å². The predicted octanol–water partition coefficient (Wildman–Crippen LogP) is 6.28. The Morgan fingerprint density at radius 2 is 1.48 bits per heavy atom. The van der Waals surface area contributed by atoms with E-state index >= 15 is 0 Å². The van der Waals surface area contributed by atoms with Crippen LogP contribution in [-0.4, -0.2) is 26.5 Å². The highest BCUT2D eigenvalue weighted by molar-refractivity contribution is 6.99. The Morgan fingerprint density at radius 3 is 1.94 bits per heavy atom. The molecule has 3 rings (SSSR count). The molecule has 1 saturated carbocycles. The Bertz CT molecular complexity index is 818. The SMILES string of the molecule is CCOC(=O)C1CCC(CCC(Cl)O[Si](c2ccccc2)(c2ccccc2)C(C)(C)C)CC1. The maximum absolute atomic E-state index is 12.0. The van der Waals surface area contributed by atoms with Crippen molar-refractivity contribution in [3.63, 3.8) is 0 Å². The zero-order valence-electron chi connectivity index (χ0n) is 20.6. The molecule has 0 spiro atoms. The number of hydrogen-bond acceptors (Lipinski definition) is 3. The zero-order valence-corrected chi connectivity index (χ0v) is 22.3. The highest BCUT2D eigenvalue weighted by atomic mass is 35.5. The molecule has 1 unspecified atom stereocenters. The fraction of sp³-hybridized carbons (Fsp3) is 0.536. The van der Waals surface area contributed by atoms with Crippen LogP contribution in [0.25, 0.3) is 0 Å². The largest absolute Gasteiger partial charge is 0.466 e. The second-order valence-corrected chi connectivity index (χ2v) is 15.0. The van der Waals surface area contributed by atoms with Crippen molar-refractivity contribution in [2.75, 3.05) is 6.61 Å². The van der Waals surface area contributed by atoms with Gasteiger partial charge in [0.15, 0.2) is 0 Å². The minimum Gasteiger partial charge on any atom is -0.466 e. The molecule has 0 N–H and O–H groups in total. The summed E-state index contributed by atoms with van der Waals surface area (Å²) in [4.78, 5) is 12.0. The topological polar surface area (TPSA) is 35.5 Å². The number of carbonyl (C=O) groups excluding carboxylic acids is 1. The van der Waals surface area contributed by atoms with Gasteiger partial charge in [0, 0.05) is 0 Å². The summed E-state index contributed by atoms with van der Waals surface area (Å²) >= 11 is 6.95. The molecule has 33 heavy (non-hydrogen) atoms. The molecule has 0 radical (unpaired) electrons. The molecule has 1 atom stereocenters. The van der Waals surface area contributed by atoms with E-state index in [1.54, 1.807) is 0 Å². The van der Waals surface area contributed by atoms with Gasteiger partial charge >= 0.3 is 5.97 Å². The second kappa shape index (κ2) is 11.7. The minimum atomic E-state index is -2.63. The molecule has 0 saturated heterocycles. The van der Waals surface area contributed by atoms with Crippen LogP contribution < -0.4 is 10.4 Å². The van der Waals surface area contributed by atoms with E-state index in [2.05, 4.69) is 81.4 Å². The number of benzene rings is 2. The number of ether oxygens (including phenoxy) is 1. The first-order chi connectivity index (χ1) is 15.8. The van der Waals surface area contributed by atoms with Crippen LogP contribution in [-0.2, 0) is 14.0 Å². The molecule has 0 aliphatic heterocycles. The van der Waals surface area contributed by atoms with Crippen molar-refractivity contribution in [2.24, 2.45) is 11.8 Å². The van der Waals surface area contributed by atoms with Crippen LogP contribution in [0.1, 0.15) is 66.2 Å². The minimum absolute atomic E-state index is 0.0267. The fourth-order valence-corrected chi connectivity index (χ4v) is 10.3. The standard InChI is InChI=1S/C28H39ClO3Si/c1-5-31-27(30)23-19-16-22(17-20-23)18-21-26(29)32-33(28(2,3)4,24-12-8-6-9-13-24)25-14-10-7-11-15-25/h6-15,22-23,26H,5,16-21H2,1-4H3. The Labute approximate surface area is 206 Å². The van der Waals surface area contributed by atoms with Crippen LogP contribution in [0.4, 0.5) is 0 Å². The summed E-state index contributed by atoms with van der Waals surface area (Å²) in [6.07, 6.45) is 5.82. The fourth-order valence-electron chi connectivity index (χ4n) is 5.26. The molecular formula is C28H39ClO3Si. The highest BCUT2D eigenvalue weighted by Crippen LogP contribution is 2.39.